The largest absolute Gasteiger partial charge is 0.320 e. The maximum atomic E-state index is 13.6. The van der Waals surface area contributed by atoms with Crippen molar-refractivity contribution in [3.63, 3.8) is 0 Å². The van der Waals surface area contributed by atoms with Crippen molar-refractivity contribution in [2.45, 2.75) is 20.4 Å². The lowest BCUT2D eigenvalue weighted by molar-refractivity contribution is 0.299. The maximum Gasteiger partial charge on any atom is 0.261 e. The summed E-state index contributed by atoms with van der Waals surface area (Å²) in [6.07, 6.45) is 0. The molecule has 5 heteroatoms. The molecule has 124 valence electrons. The van der Waals surface area contributed by atoms with Gasteiger partial charge in [-0.2, -0.15) is 5.10 Å². The molecule has 0 bridgehead atoms. The molecule has 0 N–H and O–H groups in total. The van der Waals surface area contributed by atoms with Crippen LogP contribution in [-0.4, -0.2) is 16.4 Å². The molecule has 0 fully saturated rings. The lowest BCUT2D eigenvalue weighted by Gasteiger charge is -2.19. The van der Waals surface area contributed by atoms with E-state index in [9.17, 15) is 4.57 Å². The van der Waals surface area contributed by atoms with Crippen LogP contribution < -0.4 is 10.6 Å². The fraction of sp³-hybridized carbons (Fsp3) is 0.211. The molecule has 0 amide bonds. The Balaban J connectivity index is 1.84. The van der Waals surface area contributed by atoms with Crippen molar-refractivity contribution in [3.05, 3.63) is 78.1 Å². The third-order valence-corrected chi connectivity index (χ3v) is 6.37. The van der Waals surface area contributed by atoms with E-state index in [2.05, 4.69) is 5.10 Å². The van der Waals surface area contributed by atoms with Gasteiger partial charge in [0.2, 0.25) is 0 Å². The average Bonchev–Trinajstić information content (AvgIpc) is 2.94. The van der Waals surface area contributed by atoms with Crippen LogP contribution in [0, 0.1) is 13.8 Å². The third kappa shape index (κ3) is 3.50. The van der Waals surface area contributed by atoms with Crippen LogP contribution in [0.1, 0.15) is 11.4 Å². The Morgan fingerprint density at radius 1 is 0.958 bits per heavy atom. The Kier molecular flexibility index (Phi) is 4.98. The molecule has 0 aliphatic carbocycles. The molecule has 0 aliphatic heterocycles. The second-order valence-electron chi connectivity index (χ2n) is 5.71. The molecule has 0 spiro atoms. The van der Waals surface area contributed by atoms with Gasteiger partial charge in [-0.25, -0.2) is 0 Å². The summed E-state index contributed by atoms with van der Waals surface area (Å²) in [6.45, 7) is 4.88. The van der Waals surface area contributed by atoms with Crippen molar-refractivity contribution in [1.29, 1.82) is 0 Å². The number of aryl methyl sites for hydroxylation is 2. The van der Waals surface area contributed by atoms with Crippen LogP contribution in [0.25, 0.3) is 0 Å². The summed E-state index contributed by atoms with van der Waals surface area (Å²) in [5.74, 6) is 0. The average molecular weight is 340 g/mol. The minimum atomic E-state index is -3.11. The SMILES string of the molecule is Cc1cc(C)n(CCOP(=O)(c2ccccc2)c2ccccc2)n1. The second kappa shape index (κ2) is 7.16. The summed E-state index contributed by atoms with van der Waals surface area (Å²) in [5.41, 5.74) is 2.05. The number of hydrogen-bond donors (Lipinski definition) is 0. The predicted molar refractivity (Wildman–Crippen MR) is 97.4 cm³/mol. The predicted octanol–water partition coefficient (Wildman–Crippen LogP) is 3.45. The number of hydrogen-bond acceptors (Lipinski definition) is 3. The number of aromatic nitrogens is 2. The third-order valence-electron chi connectivity index (χ3n) is 3.87. The van der Waals surface area contributed by atoms with Crippen molar-refractivity contribution >= 4 is 18.0 Å². The number of nitrogens with zero attached hydrogens (tertiary/aromatic N) is 2. The molecule has 3 aromatic rings. The minimum Gasteiger partial charge on any atom is -0.320 e. The monoisotopic (exact) mass is 340 g/mol. The normalized spacial score (nSPS) is 11.6. The minimum absolute atomic E-state index is 0.336. The van der Waals surface area contributed by atoms with E-state index >= 15 is 0 Å². The molecule has 0 saturated heterocycles. The van der Waals surface area contributed by atoms with Crippen LogP contribution in [0.15, 0.2) is 66.7 Å². The summed E-state index contributed by atoms with van der Waals surface area (Å²) in [5, 5.41) is 5.85. The van der Waals surface area contributed by atoms with E-state index < -0.39 is 7.37 Å². The number of rotatable bonds is 6. The van der Waals surface area contributed by atoms with Crippen LogP contribution >= 0.6 is 7.37 Å². The zero-order valence-electron chi connectivity index (χ0n) is 13.9. The zero-order valence-corrected chi connectivity index (χ0v) is 14.8. The molecule has 0 saturated carbocycles. The van der Waals surface area contributed by atoms with Crippen molar-refractivity contribution in [2.24, 2.45) is 0 Å². The van der Waals surface area contributed by atoms with Gasteiger partial charge in [-0.1, -0.05) is 36.4 Å². The van der Waals surface area contributed by atoms with Crippen LogP contribution in [-0.2, 0) is 15.6 Å². The van der Waals surface area contributed by atoms with Gasteiger partial charge in [0.05, 0.1) is 18.8 Å². The lowest BCUT2D eigenvalue weighted by atomic mass is 10.4. The summed E-state index contributed by atoms with van der Waals surface area (Å²) in [7, 11) is -3.11. The van der Waals surface area contributed by atoms with E-state index in [0.29, 0.717) is 23.8 Å². The first-order chi connectivity index (χ1) is 11.6. The quantitative estimate of drug-likeness (QED) is 0.646. The molecular formula is C19H21N2O2P. The van der Waals surface area contributed by atoms with E-state index in [1.807, 2.05) is 85.3 Å². The Hall–Kier alpha value is -2.16. The summed E-state index contributed by atoms with van der Waals surface area (Å²) < 4.78 is 21.5. The topological polar surface area (TPSA) is 44.1 Å². The molecule has 0 radical (unpaired) electrons. The Morgan fingerprint density at radius 2 is 1.50 bits per heavy atom. The fourth-order valence-corrected chi connectivity index (χ4v) is 4.77. The Labute approximate surface area is 142 Å². The van der Waals surface area contributed by atoms with Gasteiger partial charge in [0.15, 0.2) is 0 Å². The van der Waals surface area contributed by atoms with Crippen molar-refractivity contribution in [1.82, 2.24) is 9.78 Å². The standard InChI is InChI=1S/C19H21N2O2P/c1-16-15-17(2)21(20-16)13-14-23-24(22,18-9-5-3-6-10-18)19-11-7-4-8-12-19/h3-12,15H,13-14H2,1-2H3. The van der Waals surface area contributed by atoms with Crippen molar-refractivity contribution < 1.29 is 9.09 Å². The van der Waals surface area contributed by atoms with Gasteiger partial charge in [0, 0.05) is 16.3 Å². The molecule has 3 rings (SSSR count). The van der Waals surface area contributed by atoms with Gasteiger partial charge in [0.25, 0.3) is 7.37 Å². The van der Waals surface area contributed by atoms with Crippen molar-refractivity contribution in [3.8, 4) is 0 Å². The van der Waals surface area contributed by atoms with Gasteiger partial charge in [-0.15, -0.1) is 0 Å². The van der Waals surface area contributed by atoms with Crippen LogP contribution in [0.5, 0.6) is 0 Å². The van der Waals surface area contributed by atoms with Gasteiger partial charge in [-0.05, 0) is 44.2 Å². The highest BCUT2D eigenvalue weighted by Crippen LogP contribution is 2.44. The molecule has 0 atom stereocenters. The van der Waals surface area contributed by atoms with E-state index in [4.69, 9.17) is 4.52 Å². The fourth-order valence-electron chi connectivity index (χ4n) is 2.70. The zero-order chi connectivity index (χ0) is 17.0. The van der Waals surface area contributed by atoms with E-state index in [-0.39, 0.29) is 0 Å². The number of benzene rings is 2. The summed E-state index contributed by atoms with van der Waals surface area (Å²) >= 11 is 0. The summed E-state index contributed by atoms with van der Waals surface area (Å²) in [6, 6.07) is 20.8. The van der Waals surface area contributed by atoms with Gasteiger partial charge >= 0.3 is 0 Å². The molecule has 1 heterocycles. The molecular weight excluding hydrogens is 319 g/mol. The van der Waals surface area contributed by atoms with Gasteiger partial charge in [-0.3, -0.25) is 9.25 Å². The Morgan fingerprint density at radius 3 is 1.96 bits per heavy atom. The molecule has 4 nitrogen and oxygen atoms in total. The second-order valence-corrected chi connectivity index (χ2v) is 8.10. The maximum absolute atomic E-state index is 13.6. The van der Waals surface area contributed by atoms with E-state index in [1.165, 1.54) is 0 Å². The van der Waals surface area contributed by atoms with Gasteiger partial charge in [0.1, 0.15) is 0 Å². The highest BCUT2D eigenvalue weighted by atomic mass is 31.2. The highest BCUT2D eigenvalue weighted by Gasteiger charge is 2.28. The Bertz CT molecular complexity index is 801. The van der Waals surface area contributed by atoms with Crippen LogP contribution in [0.2, 0.25) is 0 Å². The molecule has 0 aliphatic rings. The molecule has 1 aromatic heterocycles. The first-order valence-electron chi connectivity index (χ1n) is 7.96. The van der Waals surface area contributed by atoms with E-state index in [0.717, 1.165) is 11.4 Å². The first kappa shape index (κ1) is 16.7. The molecule has 0 unspecified atom stereocenters. The molecule has 24 heavy (non-hydrogen) atoms. The first-order valence-corrected chi connectivity index (χ1v) is 9.59. The highest BCUT2D eigenvalue weighted by molar-refractivity contribution is 7.74. The smallest absolute Gasteiger partial charge is 0.261 e. The lowest BCUT2D eigenvalue weighted by Crippen LogP contribution is -2.20. The molecule has 2 aromatic carbocycles. The summed E-state index contributed by atoms with van der Waals surface area (Å²) in [4.78, 5) is 0. The van der Waals surface area contributed by atoms with Crippen molar-refractivity contribution in [2.75, 3.05) is 6.61 Å². The van der Waals surface area contributed by atoms with Crippen LogP contribution in [0.4, 0.5) is 0 Å². The van der Waals surface area contributed by atoms with Gasteiger partial charge < -0.3 is 4.52 Å². The van der Waals surface area contributed by atoms with Crippen LogP contribution in [0.3, 0.4) is 0 Å². The van der Waals surface area contributed by atoms with E-state index in [1.54, 1.807) is 0 Å².